The van der Waals surface area contributed by atoms with E-state index in [1.807, 2.05) is 0 Å². The fourth-order valence-electron chi connectivity index (χ4n) is 3.01. The maximum atomic E-state index is 9.06. The summed E-state index contributed by atoms with van der Waals surface area (Å²) < 4.78 is 0. The van der Waals surface area contributed by atoms with E-state index in [1.165, 1.54) is 19.3 Å². The second kappa shape index (κ2) is 2.23. The lowest BCUT2D eigenvalue weighted by Gasteiger charge is -2.25. The quantitative estimate of drug-likeness (QED) is 0.587. The molecule has 1 nitrogen and oxygen atoms in total. The van der Waals surface area contributed by atoms with Gasteiger partial charge >= 0.3 is 0 Å². The van der Waals surface area contributed by atoms with Crippen molar-refractivity contribution >= 4 is 0 Å². The van der Waals surface area contributed by atoms with Crippen LogP contribution in [0.2, 0.25) is 0 Å². The van der Waals surface area contributed by atoms with Crippen molar-refractivity contribution in [1.29, 1.82) is 0 Å². The van der Waals surface area contributed by atoms with Crippen LogP contribution in [0.25, 0.3) is 0 Å². The molecule has 1 N–H and O–H groups in total. The maximum absolute atomic E-state index is 9.06. The Balaban J connectivity index is 2.10. The normalized spacial score (nSPS) is 52.2. The van der Waals surface area contributed by atoms with Crippen molar-refractivity contribution in [2.45, 2.75) is 26.2 Å². The van der Waals surface area contributed by atoms with Crippen LogP contribution in [0.4, 0.5) is 0 Å². The third-order valence-electron chi connectivity index (χ3n) is 3.75. The summed E-state index contributed by atoms with van der Waals surface area (Å²) in [6.45, 7) is 2.74. The molecule has 0 heterocycles. The summed E-state index contributed by atoms with van der Waals surface area (Å²) in [5, 5.41) is 9.06. The molecule has 0 radical (unpaired) electrons. The molecule has 2 fully saturated rings. The van der Waals surface area contributed by atoms with Crippen molar-refractivity contribution in [2.75, 3.05) is 6.61 Å². The van der Waals surface area contributed by atoms with E-state index in [-0.39, 0.29) is 0 Å². The topological polar surface area (TPSA) is 20.2 Å². The smallest absolute Gasteiger partial charge is 0.0464 e. The number of aliphatic hydroxyl groups excluding tert-OH is 1. The molecule has 2 aliphatic rings. The van der Waals surface area contributed by atoms with Crippen LogP contribution >= 0.6 is 0 Å². The van der Waals surface area contributed by atoms with Crippen molar-refractivity contribution < 1.29 is 5.11 Å². The minimum atomic E-state index is 0.433. The highest BCUT2D eigenvalue weighted by molar-refractivity contribution is 4.93. The van der Waals surface area contributed by atoms with E-state index in [9.17, 15) is 0 Å². The summed E-state index contributed by atoms with van der Waals surface area (Å²) in [7, 11) is 0. The van der Waals surface area contributed by atoms with Gasteiger partial charge in [0.15, 0.2) is 0 Å². The largest absolute Gasteiger partial charge is 0.396 e. The average Bonchev–Trinajstić information content (AvgIpc) is 2.46. The average molecular weight is 140 g/mol. The second-order valence-electron chi connectivity index (χ2n) is 4.04. The minimum Gasteiger partial charge on any atom is -0.396 e. The Morgan fingerprint density at radius 3 is 2.40 bits per heavy atom. The SMILES string of the molecule is C[C@@H]1[C@H]2CC[C@@H](C2)[C@H]1CO. The molecule has 0 aromatic carbocycles. The van der Waals surface area contributed by atoms with Crippen LogP contribution < -0.4 is 0 Å². The number of hydrogen-bond donors (Lipinski definition) is 1. The first-order valence-electron chi connectivity index (χ1n) is 4.43. The van der Waals surface area contributed by atoms with E-state index < -0.39 is 0 Å². The lowest BCUT2D eigenvalue weighted by atomic mass is 9.81. The Morgan fingerprint density at radius 2 is 2.00 bits per heavy atom. The van der Waals surface area contributed by atoms with Crippen LogP contribution in [-0.4, -0.2) is 11.7 Å². The van der Waals surface area contributed by atoms with E-state index in [0.717, 1.165) is 17.8 Å². The number of hydrogen-bond acceptors (Lipinski definition) is 1. The first-order valence-corrected chi connectivity index (χ1v) is 4.43. The molecule has 0 unspecified atom stereocenters. The molecule has 0 saturated heterocycles. The molecule has 4 atom stereocenters. The van der Waals surface area contributed by atoms with Crippen molar-refractivity contribution in [3.63, 3.8) is 0 Å². The first-order chi connectivity index (χ1) is 4.83. The van der Waals surface area contributed by atoms with Gasteiger partial charge in [-0.05, 0) is 42.9 Å². The Kier molecular flexibility index (Phi) is 1.48. The molecule has 2 saturated carbocycles. The van der Waals surface area contributed by atoms with E-state index >= 15 is 0 Å². The predicted molar refractivity (Wildman–Crippen MR) is 40.6 cm³/mol. The molecule has 0 amide bonds. The van der Waals surface area contributed by atoms with E-state index in [0.29, 0.717) is 12.5 Å². The van der Waals surface area contributed by atoms with Crippen molar-refractivity contribution in [2.24, 2.45) is 23.7 Å². The first kappa shape index (κ1) is 6.66. The van der Waals surface area contributed by atoms with Crippen molar-refractivity contribution in [3.05, 3.63) is 0 Å². The monoisotopic (exact) mass is 140 g/mol. The van der Waals surface area contributed by atoms with Gasteiger partial charge in [-0.15, -0.1) is 0 Å². The van der Waals surface area contributed by atoms with Crippen LogP contribution in [0.1, 0.15) is 26.2 Å². The lowest BCUT2D eigenvalue weighted by Crippen LogP contribution is -2.22. The van der Waals surface area contributed by atoms with Gasteiger partial charge in [0.1, 0.15) is 0 Å². The molecule has 1 heteroatoms. The lowest BCUT2D eigenvalue weighted by molar-refractivity contribution is 0.134. The van der Waals surface area contributed by atoms with Gasteiger partial charge in [0.05, 0.1) is 0 Å². The van der Waals surface area contributed by atoms with Gasteiger partial charge < -0.3 is 5.11 Å². The summed E-state index contributed by atoms with van der Waals surface area (Å²) in [6.07, 6.45) is 4.23. The van der Waals surface area contributed by atoms with Gasteiger partial charge in [0.25, 0.3) is 0 Å². The molecule has 0 aliphatic heterocycles. The van der Waals surface area contributed by atoms with Crippen LogP contribution in [0.15, 0.2) is 0 Å². The predicted octanol–water partition coefficient (Wildman–Crippen LogP) is 1.66. The highest BCUT2D eigenvalue weighted by Gasteiger charge is 2.44. The Morgan fingerprint density at radius 1 is 1.30 bits per heavy atom. The molecule has 2 aliphatic carbocycles. The zero-order chi connectivity index (χ0) is 7.14. The Hall–Kier alpha value is -0.0400. The van der Waals surface area contributed by atoms with Gasteiger partial charge in [-0.3, -0.25) is 0 Å². The fourth-order valence-corrected chi connectivity index (χ4v) is 3.01. The summed E-state index contributed by atoms with van der Waals surface area (Å²) in [5.74, 6) is 3.30. The molecule has 0 aromatic rings. The van der Waals surface area contributed by atoms with Crippen molar-refractivity contribution in [3.8, 4) is 0 Å². The highest BCUT2D eigenvalue weighted by Crippen LogP contribution is 2.51. The molecular formula is C9H16O. The van der Waals surface area contributed by atoms with Crippen LogP contribution in [-0.2, 0) is 0 Å². The molecule has 58 valence electrons. The molecule has 2 rings (SSSR count). The van der Waals surface area contributed by atoms with Gasteiger partial charge in [0.2, 0.25) is 0 Å². The fraction of sp³-hybridized carbons (Fsp3) is 1.00. The van der Waals surface area contributed by atoms with E-state index in [4.69, 9.17) is 5.11 Å². The van der Waals surface area contributed by atoms with Crippen molar-refractivity contribution in [1.82, 2.24) is 0 Å². The van der Waals surface area contributed by atoms with Gasteiger partial charge in [-0.1, -0.05) is 6.92 Å². The molecule has 10 heavy (non-hydrogen) atoms. The summed E-state index contributed by atoms with van der Waals surface area (Å²) in [5.41, 5.74) is 0. The summed E-state index contributed by atoms with van der Waals surface area (Å²) in [6, 6.07) is 0. The summed E-state index contributed by atoms with van der Waals surface area (Å²) in [4.78, 5) is 0. The van der Waals surface area contributed by atoms with Crippen LogP contribution in [0.5, 0.6) is 0 Å². The van der Waals surface area contributed by atoms with Gasteiger partial charge in [0, 0.05) is 6.61 Å². The Bertz CT molecular complexity index is 131. The third-order valence-corrected chi connectivity index (χ3v) is 3.75. The third kappa shape index (κ3) is 0.731. The minimum absolute atomic E-state index is 0.433. The van der Waals surface area contributed by atoms with Crippen LogP contribution in [0.3, 0.4) is 0 Å². The maximum Gasteiger partial charge on any atom is 0.0464 e. The number of rotatable bonds is 1. The van der Waals surface area contributed by atoms with E-state index in [2.05, 4.69) is 6.92 Å². The number of fused-ring (bicyclic) bond motifs is 2. The standard InChI is InChI=1S/C9H16O/c1-6-7-2-3-8(4-7)9(6)5-10/h6-10H,2-5H2,1H3/t6-,7+,8+,9+/m1/s1. The highest BCUT2D eigenvalue weighted by atomic mass is 16.3. The zero-order valence-electron chi connectivity index (χ0n) is 6.59. The van der Waals surface area contributed by atoms with Gasteiger partial charge in [-0.2, -0.15) is 0 Å². The molecule has 0 aromatic heterocycles. The van der Waals surface area contributed by atoms with Gasteiger partial charge in [-0.25, -0.2) is 0 Å². The molecule has 2 bridgehead atoms. The second-order valence-corrected chi connectivity index (χ2v) is 4.04. The molecular weight excluding hydrogens is 124 g/mol. The van der Waals surface area contributed by atoms with E-state index in [1.54, 1.807) is 0 Å². The Labute approximate surface area is 62.4 Å². The van der Waals surface area contributed by atoms with Crippen LogP contribution in [0, 0.1) is 23.7 Å². The zero-order valence-corrected chi connectivity index (χ0v) is 6.59. The summed E-state index contributed by atoms with van der Waals surface area (Å²) >= 11 is 0. The number of aliphatic hydroxyl groups is 1. The molecule has 0 spiro atoms.